The summed E-state index contributed by atoms with van der Waals surface area (Å²) in [6.07, 6.45) is -2.66. The van der Waals surface area contributed by atoms with E-state index in [9.17, 15) is 35.1 Å². The van der Waals surface area contributed by atoms with E-state index in [-0.39, 0.29) is 49.2 Å². The van der Waals surface area contributed by atoms with Crippen LogP contribution in [-0.4, -0.2) is 161 Å². The minimum Gasteiger partial charge on any atom is -0.508 e. The third-order valence-corrected chi connectivity index (χ3v) is 17.2. The topological polar surface area (TPSA) is 228 Å². The van der Waals surface area contributed by atoms with Gasteiger partial charge < -0.3 is 72.9 Å². The Morgan fingerprint density at radius 1 is 0.727 bits per heavy atom. The van der Waals surface area contributed by atoms with Gasteiger partial charge in [0.25, 0.3) is 0 Å². The number of hydrogen-bond donors (Lipinski definition) is 5. The zero-order chi connectivity index (χ0) is 47.7. The molecule has 3 saturated heterocycles. The maximum absolute atomic E-state index is 13.7. The lowest BCUT2D eigenvalue weighted by molar-refractivity contribution is -0.338. The van der Waals surface area contributed by atoms with Crippen LogP contribution in [0.5, 0.6) is 5.75 Å². The fourth-order valence-corrected chi connectivity index (χ4v) is 13.2. The highest BCUT2D eigenvalue weighted by Gasteiger charge is 2.81. The SMILES string of the molecule is CO[C@H]1C[C@@H](O[C@H]2[C@H](C)O[C@H](O[C@H]3[C@H](C)O[C@H](O[C@@H]4CC[C@]5(C)C(=CC[C@@]6(O)[C@H]5C[C@H](OC(=O)c5ccc(O)cc5)[C@]5(C)[C@@]6(O)CC[C@]5(O)C(C)=O)C4)C[C@H]3OC)C[C@H]2OC)O[C@@H](C)[C@@H]1O. The third-order valence-electron chi connectivity index (χ3n) is 17.2. The third kappa shape index (κ3) is 8.18. The molecule has 8 rings (SSSR count). The second-order valence-electron chi connectivity index (χ2n) is 20.5. The van der Waals surface area contributed by atoms with E-state index < -0.39 is 119 Å². The standard InChI is InChI=1S/C49H72O17/c1-25-41(52)33(57-7)21-39(60-25)65-43-27(3)62-40(23-35(43)59-9)66-42-26(2)61-38(22-34(42)58-8)63-32-15-16-45(5)30(20-32)14-17-48(55)36(45)24-37(64-44(53)29-10-12-31(51)13-11-29)46(6)47(54,28(4)50)18-19-49(46,48)56/h10-14,25-27,32-43,51-52,54-56H,15-24H2,1-9H3/t25-,26-,27-,32+,33-,34+,35+,36-,37-,38+,39+,40+,41-,42-,43-,45+,46-,47-,48+,49-/m0/s1. The molecule has 0 bridgehead atoms. The van der Waals surface area contributed by atoms with Crippen LogP contribution in [0, 0.1) is 16.7 Å². The quantitative estimate of drug-likeness (QED) is 0.147. The molecule has 3 heterocycles. The molecule has 1 aromatic carbocycles. The first-order valence-electron chi connectivity index (χ1n) is 23.7. The summed E-state index contributed by atoms with van der Waals surface area (Å²) in [5.74, 6) is -1.94. The zero-order valence-corrected chi connectivity index (χ0v) is 39.8. The van der Waals surface area contributed by atoms with Crippen LogP contribution in [0.15, 0.2) is 35.9 Å². The van der Waals surface area contributed by atoms with E-state index in [2.05, 4.69) is 6.92 Å². The number of phenolic OH excluding ortho intramolecular Hbond substituents is 1. The van der Waals surface area contributed by atoms with Gasteiger partial charge in [-0.25, -0.2) is 4.79 Å². The second-order valence-corrected chi connectivity index (χ2v) is 20.5. The number of carbonyl (C=O) groups excluding carboxylic acids is 2. The van der Waals surface area contributed by atoms with Crippen LogP contribution < -0.4 is 0 Å². The Morgan fingerprint density at radius 3 is 1.83 bits per heavy atom. The van der Waals surface area contributed by atoms with E-state index in [1.54, 1.807) is 35.2 Å². The molecule has 3 aliphatic heterocycles. The van der Waals surface area contributed by atoms with E-state index in [0.717, 1.165) is 5.57 Å². The molecule has 66 heavy (non-hydrogen) atoms. The molecular weight excluding hydrogens is 861 g/mol. The molecule has 3 saturated carbocycles. The molecule has 370 valence electrons. The zero-order valence-electron chi connectivity index (χ0n) is 39.8. The molecule has 17 heteroatoms. The van der Waals surface area contributed by atoms with Gasteiger partial charge in [0.1, 0.15) is 47.0 Å². The Hall–Kier alpha value is -2.62. The van der Waals surface area contributed by atoms with Crippen molar-refractivity contribution in [2.24, 2.45) is 16.7 Å². The van der Waals surface area contributed by atoms with E-state index in [4.69, 9.17) is 47.4 Å². The van der Waals surface area contributed by atoms with Crippen molar-refractivity contribution in [1.82, 2.24) is 0 Å². The summed E-state index contributed by atoms with van der Waals surface area (Å²) in [6, 6.07) is 5.59. The van der Waals surface area contributed by atoms with Crippen LogP contribution in [0.25, 0.3) is 0 Å². The van der Waals surface area contributed by atoms with E-state index in [0.29, 0.717) is 38.5 Å². The number of phenols is 1. The maximum atomic E-state index is 13.7. The number of aliphatic hydroxyl groups excluding tert-OH is 1. The first-order valence-corrected chi connectivity index (χ1v) is 23.7. The molecule has 7 aliphatic rings. The van der Waals surface area contributed by atoms with Gasteiger partial charge >= 0.3 is 5.97 Å². The number of hydrogen-bond acceptors (Lipinski definition) is 17. The summed E-state index contributed by atoms with van der Waals surface area (Å²) in [4.78, 5) is 27.0. The molecule has 0 aromatic heterocycles. The molecule has 4 aliphatic carbocycles. The Balaban J connectivity index is 0.927. The van der Waals surface area contributed by atoms with Crippen LogP contribution in [-0.2, 0) is 52.2 Å². The van der Waals surface area contributed by atoms with Gasteiger partial charge in [-0.1, -0.05) is 18.6 Å². The summed E-state index contributed by atoms with van der Waals surface area (Å²) in [6.45, 7) is 10.5. The maximum Gasteiger partial charge on any atom is 0.338 e. The molecule has 5 N–H and O–H groups in total. The summed E-state index contributed by atoms with van der Waals surface area (Å²) >= 11 is 0. The van der Waals surface area contributed by atoms with Crippen molar-refractivity contribution in [2.45, 2.75) is 209 Å². The Labute approximate surface area is 387 Å². The molecule has 6 fully saturated rings. The summed E-state index contributed by atoms with van der Waals surface area (Å²) in [7, 11) is 4.82. The highest BCUT2D eigenvalue weighted by atomic mass is 16.7. The summed E-state index contributed by atoms with van der Waals surface area (Å²) in [5, 5.41) is 58.2. The number of rotatable bonds is 12. The van der Waals surface area contributed by atoms with E-state index in [1.165, 1.54) is 31.2 Å². The molecule has 1 aromatic rings. The van der Waals surface area contributed by atoms with E-state index in [1.807, 2.05) is 19.9 Å². The Morgan fingerprint density at radius 2 is 1.27 bits per heavy atom. The number of Topliss-reactive ketones (excluding diaryl/α,β-unsaturated/α-hetero) is 1. The van der Waals surface area contributed by atoms with Gasteiger partial charge in [-0.05, 0) is 109 Å². The fourth-order valence-electron chi connectivity index (χ4n) is 13.2. The van der Waals surface area contributed by atoms with Crippen molar-refractivity contribution in [3.63, 3.8) is 0 Å². The predicted octanol–water partition coefficient (Wildman–Crippen LogP) is 4.01. The largest absolute Gasteiger partial charge is 0.508 e. The number of ether oxygens (including phenoxy) is 10. The van der Waals surface area contributed by atoms with Crippen molar-refractivity contribution in [1.29, 1.82) is 0 Å². The van der Waals surface area contributed by atoms with Crippen LogP contribution >= 0.6 is 0 Å². The van der Waals surface area contributed by atoms with Crippen molar-refractivity contribution < 1.29 is 82.5 Å². The average Bonchev–Trinajstić information content (AvgIpc) is 3.51. The van der Waals surface area contributed by atoms with Gasteiger partial charge in [0.2, 0.25) is 0 Å². The first-order chi connectivity index (χ1) is 31.2. The molecular formula is C49H72O17. The Kier molecular flexibility index (Phi) is 14.0. The minimum atomic E-state index is -2.07. The van der Waals surface area contributed by atoms with Gasteiger partial charge in [0.15, 0.2) is 24.7 Å². The monoisotopic (exact) mass is 932 g/mol. The van der Waals surface area contributed by atoms with Crippen molar-refractivity contribution >= 4 is 11.8 Å². The minimum absolute atomic E-state index is 0.0274. The number of fused-ring (bicyclic) bond motifs is 5. The smallest absolute Gasteiger partial charge is 0.338 e. The lowest BCUT2D eigenvalue weighted by Crippen LogP contribution is -2.78. The number of ketones is 1. The van der Waals surface area contributed by atoms with Crippen LogP contribution in [0.1, 0.15) is 116 Å². The summed E-state index contributed by atoms with van der Waals surface area (Å²) < 4.78 is 62.1. The summed E-state index contributed by atoms with van der Waals surface area (Å²) in [5.41, 5.74) is -7.01. The van der Waals surface area contributed by atoms with Gasteiger partial charge in [-0.15, -0.1) is 0 Å². The number of carbonyl (C=O) groups is 2. The van der Waals surface area contributed by atoms with Gasteiger partial charge in [0.05, 0.1) is 53.7 Å². The first kappa shape index (κ1) is 49.8. The lowest BCUT2D eigenvalue weighted by atomic mass is 9.42. The molecule has 0 amide bonds. The normalized spacial score (nSPS) is 48.1. The highest BCUT2D eigenvalue weighted by molar-refractivity contribution is 5.90. The fraction of sp³-hybridized carbons (Fsp3) is 0.796. The number of aliphatic hydroxyl groups is 4. The van der Waals surface area contributed by atoms with Gasteiger partial charge in [0, 0.05) is 46.5 Å². The van der Waals surface area contributed by atoms with E-state index >= 15 is 0 Å². The number of methoxy groups -OCH3 is 3. The molecule has 20 atom stereocenters. The number of benzene rings is 1. The van der Waals surface area contributed by atoms with Crippen LogP contribution in [0.2, 0.25) is 0 Å². The Bertz CT molecular complexity index is 1950. The van der Waals surface area contributed by atoms with Crippen molar-refractivity contribution in [3.05, 3.63) is 41.5 Å². The van der Waals surface area contributed by atoms with Crippen LogP contribution in [0.4, 0.5) is 0 Å². The lowest BCUT2D eigenvalue weighted by Gasteiger charge is -2.67. The van der Waals surface area contributed by atoms with Crippen molar-refractivity contribution in [3.8, 4) is 5.75 Å². The number of esters is 1. The second kappa shape index (κ2) is 18.6. The van der Waals surface area contributed by atoms with Gasteiger partial charge in [-0.2, -0.15) is 0 Å². The molecule has 17 nitrogen and oxygen atoms in total. The molecule has 0 unspecified atom stereocenters. The van der Waals surface area contributed by atoms with Crippen LogP contribution in [0.3, 0.4) is 0 Å². The highest BCUT2D eigenvalue weighted by Crippen LogP contribution is 2.71. The van der Waals surface area contributed by atoms with Crippen molar-refractivity contribution in [2.75, 3.05) is 21.3 Å². The molecule has 0 radical (unpaired) electrons. The predicted molar refractivity (Wildman–Crippen MR) is 233 cm³/mol. The average molecular weight is 933 g/mol. The number of aromatic hydroxyl groups is 1. The van der Waals surface area contributed by atoms with Gasteiger partial charge in [-0.3, -0.25) is 4.79 Å². The molecule has 0 spiro atoms.